The highest BCUT2D eigenvalue weighted by Crippen LogP contribution is 2.34. The zero-order valence-corrected chi connectivity index (χ0v) is 23.9. The van der Waals surface area contributed by atoms with Crippen LogP contribution in [0.25, 0.3) is 11.0 Å². The van der Waals surface area contributed by atoms with Crippen LogP contribution in [0.3, 0.4) is 0 Å². The number of pyridine rings is 1. The summed E-state index contributed by atoms with van der Waals surface area (Å²) in [6.07, 6.45) is -2.87. The number of aromatic nitrogens is 2. The molecule has 3 N–H and O–H groups in total. The number of carbonyl (C=O) groups is 2. The first-order chi connectivity index (χ1) is 20.6. The quantitative estimate of drug-likeness (QED) is 0.242. The summed E-state index contributed by atoms with van der Waals surface area (Å²) in [4.78, 5) is 36.1. The van der Waals surface area contributed by atoms with Gasteiger partial charge in [-0.1, -0.05) is 18.2 Å². The SMILES string of the molecule is COC(=O)c1cc2cc(CNCc3cccc(NC(=O)c4ccc(CN5CCN(C)CC5)c(C(F)(F)F)c4)c3)cnc2[nH]1. The average Bonchev–Trinajstić information content (AvgIpc) is 3.41. The number of hydrogen-bond donors (Lipinski definition) is 3. The first-order valence-corrected chi connectivity index (χ1v) is 13.9. The summed E-state index contributed by atoms with van der Waals surface area (Å²) in [7, 11) is 3.31. The van der Waals surface area contributed by atoms with Crippen LogP contribution in [-0.2, 0) is 30.5 Å². The molecule has 2 aromatic carbocycles. The Hall–Kier alpha value is -4.26. The van der Waals surface area contributed by atoms with Gasteiger partial charge in [0.1, 0.15) is 11.3 Å². The van der Waals surface area contributed by atoms with Crippen molar-refractivity contribution in [3.8, 4) is 0 Å². The van der Waals surface area contributed by atoms with Gasteiger partial charge in [0.2, 0.25) is 0 Å². The van der Waals surface area contributed by atoms with E-state index in [0.29, 0.717) is 43.2 Å². The van der Waals surface area contributed by atoms with Crippen LogP contribution in [0.15, 0.2) is 60.8 Å². The monoisotopic (exact) mass is 594 g/mol. The summed E-state index contributed by atoms with van der Waals surface area (Å²) in [5.74, 6) is -1.08. The number of benzene rings is 2. The van der Waals surface area contributed by atoms with Crippen molar-refractivity contribution in [2.45, 2.75) is 25.8 Å². The average molecular weight is 595 g/mol. The van der Waals surface area contributed by atoms with Gasteiger partial charge in [-0.05, 0) is 60.1 Å². The summed E-state index contributed by atoms with van der Waals surface area (Å²) in [6.45, 7) is 4.15. The Bertz CT molecular complexity index is 1610. The molecule has 226 valence electrons. The van der Waals surface area contributed by atoms with Crippen LogP contribution in [0, 0.1) is 0 Å². The lowest BCUT2D eigenvalue weighted by Crippen LogP contribution is -2.44. The number of H-pyrrole nitrogens is 1. The van der Waals surface area contributed by atoms with E-state index in [1.165, 1.54) is 19.2 Å². The molecule has 1 aliphatic rings. The standard InChI is InChI=1S/C31H33F3N6O3/c1-39-8-10-40(11-9-39)19-23-7-6-22(14-26(23)31(32,33)34)29(41)37-25-5-3-4-20(13-25)16-35-17-21-12-24-15-27(30(42)43-2)38-28(24)36-18-21/h3-7,12-15,18,35H,8-11,16-17,19H2,1-2H3,(H,36,38)(H,37,41). The Morgan fingerprint density at radius 1 is 1.00 bits per heavy atom. The fraction of sp³-hybridized carbons (Fsp3) is 0.323. The molecular formula is C31H33F3N6O3. The lowest BCUT2D eigenvalue weighted by atomic mass is 10.0. The lowest BCUT2D eigenvalue weighted by Gasteiger charge is -2.33. The molecule has 1 saturated heterocycles. The van der Waals surface area contributed by atoms with E-state index >= 15 is 0 Å². The predicted molar refractivity (Wildman–Crippen MR) is 157 cm³/mol. The summed E-state index contributed by atoms with van der Waals surface area (Å²) in [5.41, 5.74) is 2.49. The molecule has 12 heteroatoms. The van der Waals surface area contributed by atoms with Gasteiger partial charge in [0.25, 0.3) is 5.91 Å². The van der Waals surface area contributed by atoms with E-state index in [-0.39, 0.29) is 17.7 Å². The van der Waals surface area contributed by atoms with Crippen molar-refractivity contribution in [3.05, 3.63) is 94.3 Å². The third-order valence-corrected chi connectivity index (χ3v) is 7.44. The van der Waals surface area contributed by atoms with Crippen molar-refractivity contribution in [2.24, 2.45) is 0 Å². The van der Waals surface area contributed by atoms with E-state index in [1.807, 2.05) is 24.1 Å². The van der Waals surface area contributed by atoms with Crippen LogP contribution >= 0.6 is 0 Å². The molecular weight excluding hydrogens is 561 g/mol. The van der Waals surface area contributed by atoms with Gasteiger partial charge in [0, 0.05) is 68.6 Å². The number of esters is 1. The number of amides is 1. The van der Waals surface area contributed by atoms with E-state index in [9.17, 15) is 22.8 Å². The smallest absolute Gasteiger partial charge is 0.416 e. The highest BCUT2D eigenvalue weighted by Gasteiger charge is 2.34. The van der Waals surface area contributed by atoms with Gasteiger partial charge in [-0.15, -0.1) is 0 Å². The number of piperazine rings is 1. The minimum absolute atomic E-state index is 0.0546. The number of rotatable bonds is 9. The molecule has 0 saturated carbocycles. The van der Waals surface area contributed by atoms with Gasteiger partial charge in [-0.2, -0.15) is 13.2 Å². The summed E-state index contributed by atoms with van der Waals surface area (Å²) in [5, 5.41) is 6.82. The number of carbonyl (C=O) groups excluding carboxylic acids is 2. The molecule has 2 aromatic heterocycles. The third kappa shape index (κ3) is 7.58. The Labute approximate surface area is 247 Å². The van der Waals surface area contributed by atoms with Gasteiger partial charge >= 0.3 is 12.1 Å². The molecule has 9 nitrogen and oxygen atoms in total. The Kier molecular flexibility index (Phi) is 9.09. The number of hydrogen-bond acceptors (Lipinski definition) is 7. The van der Waals surface area contributed by atoms with Gasteiger partial charge < -0.3 is 25.3 Å². The highest BCUT2D eigenvalue weighted by atomic mass is 19.4. The van der Waals surface area contributed by atoms with Crippen molar-refractivity contribution in [1.29, 1.82) is 0 Å². The Morgan fingerprint density at radius 3 is 2.51 bits per heavy atom. The normalized spacial score (nSPS) is 14.6. The minimum atomic E-state index is -4.57. The largest absolute Gasteiger partial charge is 0.464 e. The molecule has 1 aliphatic heterocycles. The van der Waals surface area contributed by atoms with Crippen LogP contribution in [0.2, 0.25) is 0 Å². The van der Waals surface area contributed by atoms with E-state index in [2.05, 4.69) is 25.5 Å². The van der Waals surface area contributed by atoms with Crippen LogP contribution in [0.1, 0.15) is 43.1 Å². The third-order valence-electron chi connectivity index (χ3n) is 7.44. The topological polar surface area (TPSA) is 103 Å². The van der Waals surface area contributed by atoms with Gasteiger partial charge in [0.05, 0.1) is 12.7 Å². The fourth-order valence-corrected chi connectivity index (χ4v) is 5.06. The maximum absolute atomic E-state index is 14.0. The number of anilines is 1. The highest BCUT2D eigenvalue weighted by molar-refractivity contribution is 6.04. The molecule has 0 atom stereocenters. The fourth-order valence-electron chi connectivity index (χ4n) is 5.06. The zero-order valence-electron chi connectivity index (χ0n) is 23.9. The number of methoxy groups -OCH3 is 1. The van der Waals surface area contributed by atoms with Crippen LogP contribution < -0.4 is 10.6 Å². The number of halogens is 3. The first kappa shape index (κ1) is 30.2. The van der Waals surface area contributed by atoms with Crippen LogP contribution in [0.4, 0.5) is 18.9 Å². The molecule has 1 amide bonds. The number of aromatic amines is 1. The maximum atomic E-state index is 14.0. The molecule has 0 aliphatic carbocycles. The van der Waals surface area contributed by atoms with Gasteiger partial charge in [0.15, 0.2) is 0 Å². The number of nitrogens with one attached hydrogen (secondary N) is 3. The predicted octanol–water partition coefficient (Wildman–Crippen LogP) is 4.66. The first-order valence-electron chi connectivity index (χ1n) is 13.9. The summed E-state index contributed by atoms with van der Waals surface area (Å²) < 4.78 is 46.6. The zero-order chi connectivity index (χ0) is 30.6. The van der Waals surface area contributed by atoms with E-state index in [1.54, 1.807) is 30.5 Å². The van der Waals surface area contributed by atoms with Crippen LogP contribution in [-0.4, -0.2) is 72.0 Å². The Morgan fingerprint density at radius 2 is 1.77 bits per heavy atom. The summed E-state index contributed by atoms with van der Waals surface area (Å²) in [6, 6.07) is 14.5. The minimum Gasteiger partial charge on any atom is -0.464 e. The number of likely N-dealkylation sites (N-methyl/N-ethyl adjacent to an activating group) is 1. The molecule has 5 rings (SSSR count). The van der Waals surface area contributed by atoms with E-state index < -0.39 is 23.6 Å². The van der Waals surface area contributed by atoms with Crippen molar-refractivity contribution >= 4 is 28.6 Å². The Balaban J connectivity index is 1.20. The molecule has 3 heterocycles. The van der Waals surface area contributed by atoms with Crippen molar-refractivity contribution in [1.82, 2.24) is 25.1 Å². The number of fused-ring (bicyclic) bond motifs is 1. The molecule has 0 radical (unpaired) electrons. The van der Waals surface area contributed by atoms with Gasteiger partial charge in [-0.3, -0.25) is 9.69 Å². The molecule has 1 fully saturated rings. The van der Waals surface area contributed by atoms with Crippen molar-refractivity contribution in [2.75, 3.05) is 45.7 Å². The van der Waals surface area contributed by atoms with E-state index in [4.69, 9.17) is 4.74 Å². The molecule has 43 heavy (non-hydrogen) atoms. The number of nitrogens with zero attached hydrogens (tertiary/aromatic N) is 3. The second-order valence-corrected chi connectivity index (χ2v) is 10.7. The molecule has 4 aromatic rings. The van der Waals surface area contributed by atoms with Crippen LogP contribution in [0.5, 0.6) is 0 Å². The second-order valence-electron chi connectivity index (χ2n) is 10.7. The molecule has 0 unspecified atom stereocenters. The number of alkyl halides is 3. The second kappa shape index (κ2) is 12.9. The lowest BCUT2D eigenvalue weighted by molar-refractivity contribution is -0.138. The maximum Gasteiger partial charge on any atom is 0.416 e. The molecule has 0 bridgehead atoms. The van der Waals surface area contributed by atoms with Crippen molar-refractivity contribution < 1.29 is 27.5 Å². The molecule has 0 spiro atoms. The van der Waals surface area contributed by atoms with Crippen molar-refractivity contribution in [3.63, 3.8) is 0 Å². The van der Waals surface area contributed by atoms with Gasteiger partial charge in [-0.25, -0.2) is 9.78 Å². The number of ether oxygens (including phenoxy) is 1. The van der Waals surface area contributed by atoms with E-state index in [0.717, 1.165) is 35.7 Å². The summed E-state index contributed by atoms with van der Waals surface area (Å²) >= 11 is 0.